The highest BCUT2D eigenvalue weighted by Crippen LogP contribution is 2.65. The maximum Gasteiger partial charge on any atom is 0.399 e. The van der Waals surface area contributed by atoms with Crippen molar-refractivity contribution < 1.29 is 32.5 Å². The van der Waals surface area contributed by atoms with E-state index in [0.29, 0.717) is 37.2 Å². The molecular formula is C57H51N2O7P. The lowest BCUT2D eigenvalue weighted by Gasteiger charge is -2.41. The maximum absolute atomic E-state index is 7.61. The molecule has 0 radical (unpaired) electrons. The highest BCUT2D eigenvalue weighted by atomic mass is 31.2. The first kappa shape index (κ1) is 43.0. The molecule has 7 aromatic carbocycles. The van der Waals surface area contributed by atoms with Crippen LogP contribution in [0.4, 0.5) is 0 Å². The fourth-order valence-corrected chi connectivity index (χ4v) is 11.3. The van der Waals surface area contributed by atoms with Crippen molar-refractivity contribution in [1.29, 1.82) is 0 Å². The fraction of sp³-hybridized carbons (Fsp3) is 0.211. The largest absolute Gasteiger partial charge is 0.476 e. The van der Waals surface area contributed by atoms with Crippen LogP contribution in [0.3, 0.4) is 0 Å². The van der Waals surface area contributed by atoms with E-state index in [2.05, 4.69) is 84.2 Å². The van der Waals surface area contributed by atoms with Crippen molar-refractivity contribution >= 4 is 14.5 Å². The van der Waals surface area contributed by atoms with Gasteiger partial charge in [0.15, 0.2) is 22.9 Å². The lowest BCUT2D eigenvalue weighted by Crippen LogP contribution is -2.53. The highest BCUT2D eigenvalue weighted by molar-refractivity contribution is 7.42. The van der Waals surface area contributed by atoms with E-state index in [1.807, 2.05) is 141 Å². The summed E-state index contributed by atoms with van der Waals surface area (Å²) >= 11 is 0. The van der Waals surface area contributed by atoms with E-state index in [-0.39, 0.29) is 12.1 Å². The number of nitrogens with zero attached hydrogens (tertiary/aromatic N) is 1. The molecule has 11 rings (SSSR count). The first-order valence-corrected chi connectivity index (χ1v) is 23.9. The summed E-state index contributed by atoms with van der Waals surface area (Å²) in [5, 5.41) is 3.66. The van der Waals surface area contributed by atoms with Crippen molar-refractivity contribution in [2.45, 2.75) is 61.5 Å². The van der Waals surface area contributed by atoms with Gasteiger partial charge in [-0.15, -0.1) is 0 Å². The van der Waals surface area contributed by atoms with Crippen LogP contribution in [0, 0.1) is 0 Å². The molecule has 4 atom stereocenters. The summed E-state index contributed by atoms with van der Waals surface area (Å²) in [5.74, 6) is 0.747. The molecule has 0 unspecified atom stereocenters. The second-order valence-corrected chi connectivity index (χ2v) is 18.6. The minimum Gasteiger partial charge on any atom is -0.476 e. The summed E-state index contributed by atoms with van der Waals surface area (Å²) in [5.41, 5.74) is 5.00. The summed E-state index contributed by atoms with van der Waals surface area (Å²) in [7, 11) is -2.27. The van der Waals surface area contributed by atoms with Crippen LogP contribution in [0.25, 0.3) is 0 Å². The molecule has 67 heavy (non-hydrogen) atoms. The maximum atomic E-state index is 7.61. The summed E-state index contributed by atoms with van der Waals surface area (Å²) in [4.78, 5) is 5.13. The zero-order valence-electron chi connectivity index (χ0n) is 37.3. The summed E-state index contributed by atoms with van der Waals surface area (Å²) < 4.78 is 49.6. The molecule has 0 saturated carbocycles. The predicted molar refractivity (Wildman–Crippen MR) is 259 cm³/mol. The van der Waals surface area contributed by atoms with E-state index < -0.39 is 37.8 Å². The second kappa shape index (κ2) is 18.2. The van der Waals surface area contributed by atoms with Crippen LogP contribution >= 0.6 is 8.60 Å². The van der Waals surface area contributed by atoms with E-state index in [1.165, 1.54) is 0 Å². The van der Waals surface area contributed by atoms with Gasteiger partial charge in [-0.1, -0.05) is 194 Å². The van der Waals surface area contributed by atoms with Crippen LogP contribution in [0.1, 0.15) is 64.9 Å². The Morgan fingerprint density at radius 1 is 0.567 bits per heavy atom. The molecule has 4 aliphatic rings. The summed E-state index contributed by atoms with van der Waals surface area (Å²) in [6.45, 7) is 4.81. The van der Waals surface area contributed by atoms with E-state index in [1.54, 1.807) is 0 Å². The molecule has 0 aliphatic carbocycles. The SMILES string of the molecule is CC1(C)O[C@@H]2[C@@H](O1)C(c1ccccc1)(c1ccccc1)OP(Oc1cccc(C/C(C3=N[C@@H](c4ccccc4)CO3)=C3/N[C@@H](c4ccccc4)CO3)c1)OC2(c1ccccc1)c1ccccc1. The van der Waals surface area contributed by atoms with Gasteiger partial charge >= 0.3 is 8.60 Å². The number of hydrogen-bond acceptors (Lipinski definition) is 9. The number of ether oxygens (including phenoxy) is 4. The Hall–Kier alpha value is -6.58. The third kappa shape index (κ3) is 8.32. The molecule has 1 N–H and O–H groups in total. The zero-order chi connectivity index (χ0) is 45.3. The number of rotatable bonds is 11. The molecule has 336 valence electrons. The van der Waals surface area contributed by atoms with Crippen LogP contribution in [0.5, 0.6) is 5.75 Å². The van der Waals surface area contributed by atoms with Crippen molar-refractivity contribution in [1.82, 2.24) is 5.32 Å². The number of nitrogens with one attached hydrogen (secondary N) is 1. The van der Waals surface area contributed by atoms with Crippen LogP contribution in [-0.4, -0.2) is 37.1 Å². The third-order valence-corrected chi connectivity index (χ3v) is 14.1. The van der Waals surface area contributed by atoms with Gasteiger partial charge in [0.05, 0.1) is 11.6 Å². The molecule has 10 heteroatoms. The van der Waals surface area contributed by atoms with Gasteiger partial charge < -0.3 is 28.8 Å². The lowest BCUT2D eigenvalue weighted by molar-refractivity contribution is -0.175. The lowest BCUT2D eigenvalue weighted by atomic mass is 9.72. The number of fused-ring (bicyclic) bond motifs is 1. The van der Waals surface area contributed by atoms with E-state index in [4.69, 9.17) is 37.5 Å². The molecule has 0 spiro atoms. The minimum absolute atomic E-state index is 0.0258. The molecule has 4 aliphatic heterocycles. The minimum atomic E-state index is -2.27. The molecule has 3 saturated heterocycles. The van der Waals surface area contributed by atoms with Gasteiger partial charge in [0.1, 0.15) is 37.2 Å². The predicted octanol–water partition coefficient (Wildman–Crippen LogP) is 12.0. The Bertz CT molecular complexity index is 2670. The monoisotopic (exact) mass is 906 g/mol. The Kier molecular flexibility index (Phi) is 11.7. The quantitative estimate of drug-likeness (QED) is 0.128. The number of aliphatic imine (C=N–C) groups is 1. The van der Waals surface area contributed by atoms with Gasteiger partial charge in [0.2, 0.25) is 5.90 Å². The van der Waals surface area contributed by atoms with Crippen molar-refractivity contribution in [3.05, 3.63) is 257 Å². The Balaban J connectivity index is 1.02. The fourth-order valence-electron chi connectivity index (χ4n) is 9.78. The van der Waals surface area contributed by atoms with Gasteiger partial charge in [0, 0.05) is 6.42 Å². The highest BCUT2D eigenvalue weighted by Gasteiger charge is 2.67. The number of hydrogen-bond donors (Lipinski definition) is 1. The van der Waals surface area contributed by atoms with Gasteiger partial charge in [-0.2, -0.15) is 0 Å². The van der Waals surface area contributed by atoms with Crippen molar-refractivity contribution in [2.24, 2.45) is 4.99 Å². The van der Waals surface area contributed by atoms with Crippen LogP contribution in [0.2, 0.25) is 0 Å². The van der Waals surface area contributed by atoms with Gasteiger partial charge in [-0.05, 0) is 64.9 Å². The topological polar surface area (TPSA) is 89.0 Å². The van der Waals surface area contributed by atoms with Crippen LogP contribution < -0.4 is 9.84 Å². The number of benzene rings is 7. The normalized spacial score (nSPS) is 23.4. The standard InChI is InChI=1S/C57H51N2O7P/c1-55(2)62-51-52(63-55)57(45-31-17-7-18-32-45,46-33-19-8-20-34-46)66-67(65-56(51,43-27-13-5-14-28-43)44-29-15-6-16-30-44)64-47-35-21-22-40(36-47)37-48(53-58-49(38-60-53)41-23-9-3-10-24-41)54-59-50(39-61-54)42-25-11-4-12-26-42/h3-36,49-52,58H,37-39H2,1-2H3/b53-48+/t49-,50-,51-,52-/m1/s1. The van der Waals surface area contributed by atoms with Gasteiger partial charge in [0.25, 0.3) is 0 Å². The second-order valence-electron chi connectivity index (χ2n) is 17.6. The van der Waals surface area contributed by atoms with Crippen LogP contribution in [-0.2, 0) is 45.6 Å². The van der Waals surface area contributed by atoms with Gasteiger partial charge in [-0.3, -0.25) is 9.05 Å². The first-order valence-electron chi connectivity index (χ1n) is 22.8. The zero-order valence-corrected chi connectivity index (χ0v) is 38.2. The van der Waals surface area contributed by atoms with E-state index in [0.717, 1.165) is 44.5 Å². The van der Waals surface area contributed by atoms with Gasteiger partial charge in [-0.25, -0.2) is 4.99 Å². The smallest absolute Gasteiger partial charge is 0.399 e. The Morgan fingerprint density at radius 2 is 1.04 bits per heavy atom. The molecule has 7 aromatic rings. The molecular weight excluding hydrogens is 856 g/mol. The Morgan fingerprint density at radius 3 is 1.55 bits per heavy atom. The molecule has 4 heterocycles. The Labute approximate surface area is 393 Å². The average Bonchev–Trinajstić information content (AvgIpc) is 4.14. The molecule has 0 bridgehead atoms. The van der Waals surface area contributed by atoms with Crippen molar-refractivity contribution in [2.75, 3.05) is 13.2 Å². The van der Waals surface area contributed by atoms with Crippen molar-refractivity contribution in [3.63, 3.8) is 0 Å². The average molecular weight is 907 g/mol. The first-order chi connectivity index (χ1) is 32.9. The van der Waals surface area contributed by atoms with E-state index >= 15 is 0 Å². The van der Waals surface area contributed by atoms with Crippen molar-refractivity contribution in [3.8, 4) is 5.75 Å². The molecule has 0 aromatic heterocycles. The third-order valence-electron chi connectivity index (χ3n) is 12.9. The molecule has 9 nitrogen and oxygen atoms in total. The summed E-state index contributed by atoms with van der Waals surface area (Å²) in [6, 6.07) is 69.3. The molecule has 3 fully saturated rings. The van der Waals surface area contributed by atoms with Crippen LogP contribution in [0.15, 0.2) is 223 Å². The van der Waals surface area contributed by atoms with E-state index in [9.17, 15) is 0 Å². The molecule has 0 amide bonds. The summed E-state index contributed by atoms with van der Waals surface area (Å²) in [6.07, 6.45) is -1.01.